The zero-order valence-corrected chi connectivity index (χ0v) is 20.5. The van der Waals surface area contributed by atoms with Crippen LogP contribution in [0.5, 0.6) is 11.5 Å². The maximum Gasteiger partial charge on any atom is 0.338 e. The second-order valence-electron chi connectivity index (χ2n) is 7.75. The summed E-state index contributed by atoms with van der Waals surface area (Å²) in [4.78, 5) is 32.2. The van der Waals surface area contributed by atoms with Crippen LogP contribution in [0.1, 0.15) is 51.1 Å². The number of methoxy groups -OCH3 is 2. The van der Waals surface area contributed by atoms with Gasteiger partial charge in [0.2, 0.25) is 5.91 Å². The Balaban J connectivity index is 1.97. The van der Waals surface area contributed by atoms with Crippen LogP contribution in [0.2, 0.25) is 0 Å². The minimum atomic E-state index is -0.657. The molecule has 2 aliphatic rings. The van der Waals surface area contributed by atoms with Gasteiger partial charge in [-0.05, 0) is 31.0 Å². The van der Waals surface area contributed by atoms with Crippen molar-refractivity contribution in [3.8, 4) is 11.5 Å². The molecule has 0 N–H and O–H groups in total. The van der Waals surface area contributed by atoms with Gasteiger partial charge in [-0.1, -0.05) is 37.6 Å². The van der Waals surface area contributed by atoms with Gasteiger partial charge >= 0.3 is 5.97 Å². The third kappa shape index (κ3) is 5.89. The Hall–Kier alpha value is -2.52. The number of ether oxygens (including phenoxy) is 4. The van der Waals surface area contributed by atoms with Crippen molar-refractivity contribution in [3.63, 3.8) is 0 Å². The molecule has 8 nitrogen and oxygen atoms in total. The molecule has 0 radical (unpaired) electrons. The zero-order valence-electron chi connectivity index (χ0n) is 19.7. The number of allylic oxidation sites excluding steroid dienone is 1. The first kappa shape index (κ1) is 25.1. The van der Waals surface area contributed by atoms with Crippen LogP contribution in [-0.4, -0.2) is 61.7 Å². The van der Waals surface area contributed by atoms with E-state index in [9.17, 15) is 9.59 Å². The predicted octanol–water partition coefficient (Wildman–Crippen LogP) is 4.10. The highest BCUT2D eigenvalue weighted by Gasteiger charge is 2.42. The number of unbranched alkanes of at least 4 members (excludes halogenated alkanes) is 2. The molecular formula is C24H32N2O6S. The molecule has 1 amide bonds. The smallest absolute Gasteiger partial charge is 0.338 e. The highest BCUT2D eigenvalue weighted by molar-refractivity contribution is 8.14. The van der Waals surface area contributed by atoms with Crippen molar-refractivity contribution in [2.75, 3.05) is 39.8 Å². The molecule has 2 aliphatic heterocycles. The summed E-state index contributed by atoms with van der Waals surface area (Å²) in [5.41, 5.74) is 1.60. The number of fused-ring (bicyclic) bond motifs is 1. The fraction of sp³-hybridized carbons (Fsp3) is 0.542. The Kier molecular flexibility index (Phi) is 9.20. The molecule has 1 aromatic rings. The van der Waals surface area contributed by atoms with Crippen molar-refractivity contribution >= 4 is 28.8 Å². The molecule has 0 spiro atoms. The summed E-state index contributed by atoms with van der Waals surface area (Å²) in [5, 5.41) is 0.598. The van der Waals surface area contributed by atoms with Gasteiger partial charge < -0.3 is 18.9 Å². The van der Waals surface area contributed by atoms with Gasteiger partial charge in [-0.2, -0.15) is 0 Å². The number of amidine groups is 1. The molecule has 0 saturated carbocycles. The molecule has 33 heavy (non-hydrogen) atoms. The normalized spacial score (nSPS) is 18.1. The first-order valence-corrected chi connectivity index (χ1v) is 12.2. The second-order valence-corrected chi connectivity index (χ2v) is 8.81. The van der Waals surface area contributed by atoms with E-state index in [2.05, 4.69) is 11.9 Å². The molecule has 2 heterocycles. The number of carbonyl (C=O) groups excluding carboxylic acids is 2. The first-order valence-electron chi connectivity index (χ1n) is 11.2. The van der Waals surface area contributed by atoms with E-state index in [1.54, 1.807) is 26.0 Å². The number of thioether (sulfide) groups is 1. The highest BCUT2D eigenvalue weighted by atomic mass is 32.2. The molecule has 1 aromatic carbocycles. The summed E-state index contributed by atoms with van der Waals surface area (Å²) < 4.78 is 21.9. The maximum absolute atomic E-state index is 13.1. The predicted molar refractivity (Wildman–Crippen MR) is 128 cm³/mol. The van der Waals surface area contributed by atoms with Crippen LogP contribution >= 0.6 is 11.8 Å². The molecule has 0 bridgehead atoms. The lowest BCUT2D eigenvalue weighted by molar-refractivity contribution is -0.141. The number of carbonyl (C=O) groups is 2. The molecule has 9 heteroatoms. The minimum Gasteiger partial charge on any atom is -0.493 e. The third-order valence-electron chi connectivity index (χ3n) is 5.46. The third-order valence-corrected chi connectivity index (χ3v) is 6.41. The number of nitrogens with zero attached hydrogens (tertiary/aromatic N) is 2. The Labute approximate surface area is 199 Å². The Morgan fingerprint density at radius 3 is 2.73 bits per heavy atom. The van der Waals surface area contributed by atoms with Crippen LogP contribution < -0.4 is 9.47 Å². The minimum absolute atomic E-state index is 0.0777. The van der Waals surface area contributed by atoms with E-state index in [4.69, 9.17) is 18.9 Å². The lowest BCUT2D eigenvalue weighted by Gasteiger charge is -2.39. The van der Waals surface area contributed by atoms with Crippen LogP contribution in [0.25, 0.3) is 0 Å². The molecular weight excluding hydrogens is 444 g/mol. The van der Waals surface area contributed by atoms with E-state index in [1.807, 2.05) is 18.2 Å². The van der Waals surface area contributed by atoms with Crippen LogP contribution in [0.4, 0.5) is 0 Å². The number of hydrogen-bond donors (Lipinski definition) is 0. The van der Waals surface area contributed by atoms with E-state index < -0.39 is 12.0 Å². The fourth-order valence-electron chi connectivity index (χ4n) is 3.78. The molecule has 0 aliphatic carbocycles. The van der Waals surface area contributed by atoms with Crippen molar-refractivity contribution < 1.29 is 28.5 Å². The van der Waals surface area contributed by atoms with Gasteiger partial charge in [0.1, 0.15) is 6.61 Å². The summed E-state index contributed by atoms with van der Waals surface area (Å²) in [6.45, 7) is 4.91. The van der Waals surface area contributed by atoms with E-state index in [0.29, 0.717) is 46.7 Å². The Bertz CT molecular complexity index is 930. The lowest BCUT2D eigenvalue weighted by Crippen LogP contribution is -2.45. The van der Waals surface area contributed by atoms with Crippen LogP contribution in [0, 0.1) is 0 Å². The standard InChI is InChI=1S/C24H32N2O6S/c1-5-6-7-11-31-18-9-8-17(15-19(18)30-4)22-21(23(28)32-13-12-29-3)16(2)25-24-26(22)20(27)10-14-33-24/h8-9,15,22H,5-7,10-14H2,1-4H3/t22-/m0/s1. The fourth-order valence-corrected chi connectivity index (χ4v) is 4.78. The van der Waals surface area contributed by atoms with Gasteiger partial charge in [0, 0.05) is 19.3 Å². The van der Waals surface area contributed by atoms with Gasteiger partial charge in [0.25, 0.3) is 0 Å². The maximum atomic E-state index is 13.1. The van der Waals surface area contributed by atoms with Gasteiger partial charge in [0.15, 0.2) is 16.7 Å². The van der Waals surface area contributed by atoms with E-state index in [1.165, 1.54) is 11.8 Å². The van der Waals surface area contributed by atoms with Crippen molar-refractivity contribution in [3.05, 3.63) is 35.0 Å². The molecule has 1 atom stereocenters. The Morgan fingerprint density at radius 1 is 1.18 bits per heavy atom. The Morgan fingerprint density at radius 2 is 2.00 bits per heavy atom. The summed E-state index contributed by atoms with van der Waals surface area (Å²) in [6.07, 6.45) is 3.55. The monoisotopic (exact) mass is 476 g/mol. The van der Waals surface area contributed by atoms with Gasteiger partial charge in [0.05, 0.1) is 37.6 Å². The van der Waals surface area contributed by atoms with Crippen molar-refractivity contribution in [1.29, 1.82) is 0 Å². The van der Waals surface area contributed by atoms with E-state index in [0.717, 1.165) is 24.8 Å². The van der Waals surface area contributed by atoms with Gasteiger partial charge in [-0.15, -0.1) is 0 Å². The van der Waals surface area contributed by atoms with Gasteiger partial charge in [-0.3, -0.25) is 9.69 Å². The number of rotatable bonds is 11. The largest absolute Gasteiger partial charge is 0.493 e. The number of esters is 1. The molecule has 180 valence electrons. The number of hydrogen-bond acceptors (Lipinski definition) is 8. The quantitative estimate of drug-likeness (QED) is 0.351. The van der Waals surface area contributed by atoms with Crippen molar-refractivity contribution in [2.24, 2.45) is 4.99 Å². The van der Waals surface area contributed by atoms with Crippen LogP contribution in [-0.2, 0) is 19.1 Å². The average Bonchev–Trinajstić information content (AvgIpc) is 2.81. The highest BCUT2D eigenvalue weighted by Crippen LogP contribution is 2.42. The number of amides is 1. The van der Waals surface area contributed by atoms with E-state index >= 15 is 0 Å². The number of aliphatic imine (C=N–C) groups is 1. The number of benzene rings is 1. The van der Waals surface area contributed by atoms with E-state index in [-0.39, 0.29) is 19.1 Å². The topological polar surface area (TPSA) is 86.7 Å². The zero-order chi connectivity index (χ0) is 23.8. The summed E-state index contributed by atoms with van der Waals surface area (Å²) in [6, 6.07) is 4.87. The lowest BCUT2D eigenvalue weighted by atomic mass is 9.94. The molecule has 0 aromatic heterocycles. The first-order chi connectivity index (χ1) is 16.0. The van der Waals surface area contributed by atoms with Crippen LogP contribution in [0.15, 0.2) is 34.5 Å². The van der Waals surface area contributed by atoms with Gasteiger partial charge in [-0.25, -0.2) is 9.79 Å². The average molecular weight is 477 g/mol. The molecule has 1 saturated heterocycles. The molecule has 1 fully saturated rings. The molecule has 3 rings (SSSR count). The SMILES string of the molecule is CCCCCOc1ccc([C@H]2C(C(=O)OCCOC)=C(C)N=C3SCCC(=O)N32)cc1OC. The van der Waals surface area contributed by atoms with Crippen molar-refractivity contribution in [1.82, 2.24) is 4.90 Å². The van der Waals surface area contributed by atoms with Crippen LogP contribution in [0.3, 0.4) is 0 Å². The summed E-state index contributed by atoms with van der Waals surface area (Å²) in [7, 11) is 3.12. The summed E-state index contributed by atoms with van der Waals surface area (Å²) in [5.74, 6) is 1.25. The summed E-state index contributed by atoms with van der Waals surface area (Å²) >= 11 is 1.51. The van der Waals surface area contributed by atoms with Crippen molar-refractivity contribution in [2.45, 2.75) is 45.6 Å². The molecule has 0 unspecified atom stereocenters. The second kappa shape index (κ2) is 12.1.